The van der Waals surface area contributed by atoms with E-state index in [-0.39, 0.29) is 11.1 Å². The summed E-state index contributed by atoms with van der Waals surface area (Å²) >= 11 is 5.97. The van der Waals surface area contributed by atoms with Crippen molar-refractivity contribution < 1.29 is 9.18 Å². The first-order valence-electron chi connectivity index (χ1n) is 7.59. The summed E-state index contributed by atoms with van der Waals surface area (Å²) in [5, 5.41) is 3.64. The predicted molar refractivity (Wildman–Crippen MR) is 94.3 cm³/mol. The Hall–Kier alpha value is -2.73. The topological polar surface area (TPSA) is 64.0 Å². The van der Waals surface area contributed by atoms with Gasteiger partial charge >= 0.3 is 0 Å². The van der Waals surface area contributed by atoms with Gasteiger partial charge in [-0.2, -0.15) is 0 Å². The van der Waals surface area contributed by atoms with Crippen molar-refractivity contribution >= 4 is 28.4 Å². The molecule has 1 atom stereocenters. The zero-order valence-electron chi connectivity index (χ0n) is 13.6. The summed E-state index contributed by atoms with van der Waals surface area (Å²) in [5.41, 5.74) is 0.418. The first kappa shape index (κ1) is 17.1. The van der Waals surface area contributed by atoms with Gasteiger partial charge in [0.15, 0.2) is 0 Å². The molecule has 1 N–H and O–H groups in total. The maximum atomic E-state index is 13.3. The molecule has 0 aliphatic heterocycles. The lowest BCUT2D eigenvalue weighted by atomic mass is 10.2. The highest BCUT2D eigenvalue weighted by Crippen LogP contribution is 2.18. The Bertz CT molecular complexity index is 1030. The minimum atomic E-state index is -0.558. The van der Waals surface area contributed by atoms with Crippen LogP contribution in [0.4, 0.5) is 4.39 Å². The number of hydrogen-bond acceptors (Lipinski definition) is 3. The second kappa shape index (κ2) is 6.64. The first-order chi connectivity index (χ1) is 11.9. The fraction of sp³-hybridized carbons (Fsp3) is 0.167. The number of rotatable bonds is 3. The second-order valence-electron chi connectivity index (χ2n) is 5.70. The van der Waals surface area contributed by atoms with Gasteiger partial charge in [-0.1, -0.05) is 17.7 Å². The lowest BCUT2D eigenvalue weighted by Crippen LogP contribution is -2.32. The fourth-order valence-corrected chi connectivity index (χ4v) is 2.79. The Morgan fingerprint density at radius 2 is 2.04 bits per heavy atom. The van der Waals surface area contributed by atoms with Crippen LogP contribution < -0.4 is 10.9 Å². The van der Waals surface area contributed by atoms with E-state index in [1.54, 1.807) is 32.2 Å². The minimum absolute atomic E-state index is 0.195. The van der Waals surface area contributed by atoms with Crippen molar-refractivity contribution in [3.05, 3.63) is 75.0 Å². The molecule has 0 radical (unpaired) electrons. The number of carbonyl (C=O) groups is 1. The summed E-state index contributed by atoms with van der Waals surface area (Å²) < 4.78 is 14.6. The maximum absolute atomic E-state index is 13.3. The molecule has 3 rings (SSSR count). The maximum Gasteiger partial charge on any atom is 0.261 e. The van der Waals surface area contributed by atoms with Gasteiger partial charge in [-0.05, 0) is 43.3 Å². The highest BCUT2D eigenvalue weighted by Gasteiger charge is 2.17. The number of aromatic nitrogens is 2. The summed E-state index contributed by atoms with van der Waals surface area (Å²) in [6, 6.07) is 9.67. The van der Waals surface area contributed by atoms with E-state index in [0.29, 0.717) is 21.7 Å². The first-order valence-corrected chi connectivity index (χ1v) is 7.97. The van der Waals surface area contributed by atoms with Crippen LogP contribution in [0.25, 0.3) is 10.9 Å². The van der Waals surface area contributed by atoms with Gasteiger partial charge in [0, 0.05) is 17.6 Å². The standard InChI is InChI=1S/C18H15ClFN3O2/c1-10(21-17(24)11-4-3-5-13(20)8-11)16-22-15-9-12(19)6-7-14(15)18(25)23(16)2/h3-10H,1-2H3,(H,21,24). The monoisotopic (exact) mass is 359 g/mol. The average Bonchev–Trinajstić information content (AvgIpc) is 2.57. The molecular formula is C18H15ClFN3O2. The van der Waals surface area contributed by atoms with E-state index in [1.807, 2.05) is 0 Å². The quantitative estimate of drug-likeness (QED) is 0.781. The van der Waals surface area contributed by atoms with Gasteiger partial charge < -0.3 is 5.32 Å². The molecule has 0 fully saturated rings. The van der Waals surface area contributed by atoms with Gasteiger partial charge in [0.05, 0.1) is 16.9 Å². The molecule has 1 aromatic heterocycles. The summed E-state index contributed by atoms with van der Waals surface area (Å²) in [7, 11) is 1.59. The van der Waals surface area contributed by atoms with Crippen molar-refractivity contribution in [3.63, 3.8) is 0 Å². The van der Waals surface area contributed by atoms with E-state index in [1.165, 1.54) is 22.8 Å². The SMILES string of the molecule is CC(NC(=O)c1cccc(F)c1)c1nc2cc(Cl)ccc2c(=O)n1C. The molecule has 2 aromatic carbocycles. The van der Waals surface area contributed by atoms with Gasteiger partial charge in [0.1, 0.15) is 11.6 Å². The molecule has 1 amide bonds. The summed E-state index contributed by atoms with van der Waals surface area (Å²) in [6.07, 6.45) is 0. The largest absolute Gasteiger partial charge is 0.342 e. The minimum Gasteiger partial charge on any atom is -0.342 e. The Labute approximate surface area is 148 Å². The van der Waals surface area contributed by atoms with Crippen molar-refractivity contribution in [3.8, 4) is 0 Å². The van der Waals surface area contributed by atoms with E-state index in [2.05, 4.69) is 10.3 Å². The number of benzene rings is 2. The number of amides is 1. The number of carbonyl (C=O) groups excluding carboxylic acids is 1. The molecule has 0 bridgehead atoms. The van der Waals surface area contributed by atoms with E-state index in [9.17, 15) is 14.0 Å². The Kier molecular flexibility index (Phi) is 4.55. The molecule has 1 heterocycles. The zero-order valence-corrected chi connectivity index (χ0v) is 14.3. The van der Waals surface area contributed by atoms with Crippen molar-refractivity contribution in [1.29, 1.82) is 0 Å². The van der Waals surface area contributed by atoms with Gasteiger partial charge in [0.25, 0.3) is 11.5 Å². The van der Waals surface area contributed by atoms with E-state index in [4.69, 9.17) is 11.6 Å². The summed E-state index contributed by atoms with van der Waals surface area (Å²) in [6.45, 7) is 1.70. The molecule has 0 saturated heterocycles. The van der Waals surface area contributed by atoms with Gasteiger partial charge in [-0.25, -0.2) is 9.37 Å². The molecule has 0 saturated carbocycles. The van der Waals surface area contributed by atoms with Crippen LogP contribution in [-0.4, -0.2) is 15.5 Å². The Balaban J connectivity index is 1.96. The number of hydrogen-bond donors (Lipinski definition) is 1. The molecule has 128 valence electrons. The van der Waals surface area contributed by atoms with E-state index in [0.717, 1.165) is 6.07 Å². The summed E-state index contributed by atoms with van der Waals surface area (Å²) in [4.78, 5) is 29.2. The molecule has 0 aliphatic carbocycles. The molecule has 7 heteroatoms. The van der Waals surface area contributed by atoms with Crippen molar-refractivity contribution in [2.24, 2.45) is 7.05 Å². The lowest BCUT2D eigenvalue weighted by Gasteiger charge is -2.17. The average molecular weight is 360 g/mol. The predicted octanol–water partition coefficient (Wildman–Crippen LogP) is 3.22. The molecule has 25 heavy (non-hydrogen) atoms. The molecule has 1 unspecified atom stereocenters. The highest BCUT2D eigenvalue weighted by molar-refractivity contribution is 6.31. The molecule has 0 spiro atoms. The van der Waals surface area contributed by atoms with Gasteiger partial charge in [0.2, 0.25) is 0 Å². The van der Waals surface area contributed by atoms with E-state index < -0.39 is 17.8 Å². The Morgan fingerprint density at radius 3 is 2.76 bits per heavy atom. The van der Waals surface area contributed by atoms with E-state index >= 15 is 0 Å². The van der Waals surface area contributed by atoms with Crippen molar-refractivity contribution in [2.45, 2.75) is 13.0 Å². The third kappa shape index (κ3) is 3.39. The molecule has 3 aromatic rings. The normalized spacial score (nSPS) is 12.2. The molecule has 5 nitrogen and oxygen atoms in total. The highest BCUT2D eigenvalue weighted by atomic mass is 35.5. The number of halogens is 2. The van der Waals surface area contributed by atoms with Crippen LogP contribution in [0.3, 0.4) is 0 Å². The van der Waals surface area contributed by atoms with Crippen molar-refractivity contribution in [2.75, 3.05) is 0 Å². The Morgan fingerprint density at radius 1 is 1.28 bits per heavy atom. The third-order valence-corrected chi connectivity index (χ3v) is 4.13. The second-order valence-corrected chi connectivity index (χ2v) is 6.14. The summed E-state index contributed by atoms with van der Waals surface area (Å²) in [5.74, 6) is -0.567. The van der Waals surface area contributed by atoms with Gasteiger partial charge in [-0.3, -0.25) is 14.2 Å². The molecule has 0 aliphatic rings. The smallest absolute Gasteiger partial charge is 0.261 e. The van der Waals surface area contributed by atoms with Gasteiger partial charge in [-0.15, -0.1) is 0 Å². The van der Waals surface area contributed by atoms with Crippen molar-refractivity contribution in [1.82, 2.24) is 14.9 Å². The zero-order chi connectivity index (χ0) is 18.1. The van der Waals surface area contributed by atoms with Crippen LogP contribution in [0.15, 0.2) is 47.3 Å². The number of fused-ring (bicyclic) bond motifs is 1. The fourth-order valence-electron chi connectivity index (χ4n) is 2.62. The lowest BCUT2D eigenvalue weighted by molar-refractivity contribution is 0.0937. The van der Waals surface area contributed by atoms with Crippen LogP contribution in [0.1, 0.15) is 29.1 Å². The van der Waals surface area contributed by atoms with Crippen LogP contribution in [0, 0.1) is 5.82 Å². The van der Waals surface area contributed by atoms with Crippen LogP contribution in [0.2, 0.25) is 5.02 Å². The third-order valence-electron chi connectivity index (χ3n) is 3.90. The molecular weight excluding hydrogens is 345 g/mol. The van der Waals surface area contributed by atoms with Crippen LogP contribution >= 0.6 is 11.6 Å². The number of nitrogens with zero attached hydrogens (tertiary/aromatic N) is 2. The van der Waals surface area contributed by atoms with Crippen LogP contribution in [-0.2, 0) is 7.05 Å². The number of nitrogens with one attached hydrogen (secondary N) is 1. The van der Waals surface area contributed by atoms with Crippen LogP contribution in [0.5, 0.6) is 0 Å².